The fourth-order valence-electron chi connectivity index (χ4n) is 1.84. The zero-order valence-corrected chi connectivity index (χ0v) is 9.57. The maximum Gasteiger partial charge on any atom is 0.410 e. The molecule has 0 aromatic rings. The van der Waals surface area contributed by atoms with E-state index >= 15 is 0 Å². The van der Waals surface area contributed by atoms with Crippen molar-refractivity contribution in [2.45, 2.75) is 25.8 Å². The molecule has 0 saturated carbocycles. The Morgan fingerprint density at radius 2 is 2.06 bits per heavy atom. The number of hydrogen-bond donors (Lipinski definition) is 2. The highest BCUT2D eigenvalue weighted by Crippen LogP contribution is 2.12. The minimum atomic E-state index is -0.508. The van der Waals surface area contributed by atoms with Crippen LogP contribution in [0.25, 0.3) is 0 Å². The largest absolute Gasteiger partial charge is 0.450 e. The molecule has 1 aliphatic heterocycles. The van der Waals surface area contributed by atoms with Crippen LogP contribution in [0.3, 0.4) is 0 Å². The first kappa shape index (κ1) is 12.8. The van der Waals surface area contributed by atoms with Gasteiger partial charge in [0.1, 0.15) is 6.54 Å². The number of carbonyl (C=O) groups is 2. The van der Waals surface area contributed by atoms with Crippen LogP contribution >= 0.6 is 0 Å². The lowest BCUT2D eigenvalue weighted by atomic mass is 10.1. The highest BCUT2D eigenvalue weighted by atomic mass is 16.6. The predicted molar refractivity (Wildman–Crippen MR) is 58.8 cm³/mol. The number of rotatable bonds is 4. The third-order valence-electron chi connectivity index (χ3n) is 2.58. The lowest BCUT2D eigenvalue weighted by Gasteiger charge is -2.32. The summed E-state index contributed by atoms with van der Waals surface area (Å²) >= 11 is 0. The van der Waals surface area contributed by atoms with Crippen molar-refractivity contribution in [3.05, 3.63) is 0 Å². The second-order valence-electron chi connectivity index (χ2n) is 3.77. The Balaban J connectivity index is 2.60. The van der Waals surface area contributed by atoms with Crippen molar-refractivity contribution < 1.29 is 14.3 Å². The molecule has 0 bridgehead atoms. The maximum absolute atomic E-state index is 11.7. The van der Waals surface area contributed by atoms with E-state index in [-0.39, 0.29) is 12.6 Å². The molecule has 0 aliphatic carbocycles. The molecule has 0 radical (unpaired) electrons. The Bertz CT molecular complexity index is 252. The van der Waals surface area contributed by atoms with Crippen LogP contribution in [0.5, 0.6) is 0 Å². The number of nitrogens with zero attached hydrogens (tertiary/aromatic N) is 1. The monoisotopic (exact) mass is 229 g/mol. The van der Waals surface area contributed by atoms with Gasteiger partial charge in [0.2, 0.25) is 5.91 Å². The number of nitrogens with two attached hydrogens (primary N) is 1. The number of hydrogen-bond acceptors (Lipinski definition) is 4. The zero-order chi connectivity index (χ0) is 12.0. The van der Waals surface area contributed by atoms with Crippen LogP contribution in [0.1, 0.15) is 19.8 Å². The summed E-state index contributed by atoms with van der Waals surface area (Å²) in [7, 11) is 0. The molecule has 1 heterocycles. The number of carbonyl (C=O) groups excluding carboxylic acids is 2. The minimum Gasteiger partial charge on any atom is -0.450 e. The van der Waals surface area contributed by atoms with Crippen LogP contribution in [0.4, 0.5) is 4.79 Å². The van der Waals surface area contributed by atoms with Gasteiger partial charge in [0.05, 0.1) is 6.61 Å². The van der Waals surface area contributed by atoms with Gasteiger partial charge in [-0.15, -0.1) is 0 Å². The molecular formula is C10H19N3O3. The lowest BCUT2D eigenvalue weighted by molar-refractivity contribution is -0.119. The van der Waals surface area contributed by atoms with E-state index in [0.29, 0.717) is 6.61 Å². The smallest absolute Gasteiger partial charge is 0.410 e. The van der Waals surface area contributed by atoms with Gasteiger partial charge in [-0.3, -0.25) is 9.69 Å². The first-order chi connectivity index (χ1) is 7.65. The van der Waals surface area contributed by atoms with Crippen molar-refractivity contribution >= 4 is 12.0 Å². The minimum absolute atomic E-state index is 0.0489. The Kier molecular flexibility index (Phi) is 5.04. The molecule has 1 fully saturated rings. The van der Waals surface area contributed by atoms with E-state index in [1.54, 1.807) is 6.92 Å². The summed E-state index contributed by atoms with van der Waals surface area (Å²) in [6.07, 6.45) is 1.20. The molecular weight excluding hydrogens is 210 g/mol. The summed E-state index contributed by atoms with van der Waals surface area (Å²) < 4.78 is 4.92. The topological polar surface area (TPSA) is 84.7 Å². The summed E-state index contributed by atoms with van der Waals surface area (Å²) in [5.74, 6) is -0.508. The van der Waals surface area contributed by atoms with E-state index in [1.165, 1.54) is 4.90 Å². The number of nitrogens with one attached hydrogen (secondary N) is 1. The van der Waals surface area contributed by atoms with Crippen LogP contribution in [-0.4, -0.2) is 49.2 Å². The predicted octanol–water partition coefficient (Wildman–Crippen LogP) is -0.318. The zero-order valence-electron chi connectivity index (χ0n) is 9.57. The Labute approximate surface area is 95.1 Å². The van der Waals surface area contributed by atoms with Crippen LogP contribution in [0, 0.1) is 0 Å². The Morgan fingerprint density at radius 1 is 1.44 bits per heavy atom. The first-order valence-corrected chi connectivity index (χ1v) is 5.57. The van der Waals surface area contributed by atoms with Crippen LogP contribution in [0.15, 0.2) is 0 Å². The Hall–Kier alpha value is -1.30. The molecule has 6 nitrogen and oxygen atoms in total. The second-order valence-corrected chi connectivity index (χ2v) is 3.77. The van der Waals surface area contributed by atoms with Crippen molar-refractivity contribution in [3.63, 3.8) is 0 Å². The molecule has 0 unspecified atom stereocenters. The quantitative estimate of drug-likeness (QED) is 0.692. The van der Waals surface area contributed by atoms with Crippen LogP contribution < -0.4 is 11.1 Å². The summed E-state index contributed by atoms with van der Waals surface area (Å²) in [5.41, 5.74) is 5.13. The van der Waals surface area contributed by atoms with Gasteiger partial charge in [0.15, 0.2) is 0 Å². The van der Waals surface area contributed by atoms with Gasteiger partial charge in [-0.1, -0.05) is 0 Å². The fraction of sp³-hybridized carbons (Fsp3) is 0.800. The normalized spacial score (nSPS) is 16.8. The second kappa shape index (κ2) is 6.32. The van der Waals surface area contributed by atoms with E-state index in [0.717, 1.165) is 25.9 Å². The van der Waals surface area contributed by atoms with Crippen molar-refractivity contribution in [3.8, 4) is 0 Å². The van der Waals surface area contributed by atoms with Gasteiger partial charge >= 0.3 is 6.09 Å². The first-order valence-electron chi connectivity index (χ1n) is 5.57. The molecule has 0 atom stereocenters. The van der Waals surface area contributed by atoms with Crippen molar-refractivity contribution in [1.29, 1.82) is 0 Å². The van der Waals surface area contributed by atoms with Gasteiger partial charge in [0, 0.05) is 6.04 Å². The molecule has 1 rings (SSSR count). The van der Waals surface area contributed by atoms with E-state index in [4.69, 9.17) is 10.5 Å². The maximum atomic E-state index is 11.7. The van der Waals surface area contributed by atoms with Gasteiger partial charge in [-0.25, -0.2) is 4.79 Å². The van der Waals surface area contributed by atoms with Crippen LogP contribution in [-0.2, 0) is 9.53 Å². The SMILES string of the molecule is CCOC(=O)N(CC(N)=O)C1CCNCC1. The number of primary amides is 1. The molecule has 3 N–H and O–H groups in total. The molecule has 92 valence electrons. The average molecular weight is 229 g/mol. The van der Waals surface area contributed by atoms with E-state index in [2.05, 4.69) is 5.32 Å². The average Bonchev–Trinajstić information content (AvgIpc) is 2.27. The molecule has 16 heavy (non-hydrogen) atoms. The third kappa shape index (κ3) is 3.69. The highest BCUT2D eigenvalue weighted by Gasteiger charge is 2.27. The molecule has 0 aromatic heterocycles. The van der Waals surface area contributed by atoms with Crippen molar-refractivity contribution in [1.82, 2.24) is 10.2 Å². The van der Waals surface area contributed by atoms with E-state index in [1.807, 2.05) is 0 Å². The summed E-state index contributed by atoms with van der Waals surface area (Å²) in [6.45, 7) is 3.67. The van der Waals surface area contributed by atoms with Gasteiger partial charge < -0.3 is 15.8 Å². The lowest BCUT2D eigenvalue weighted by Crippen LogP contribution is -2.49. The molecule has 1 saturated heterocycles. The van der Waals surface area contributed by atoms with Gasteiger partial charge in [0.25, 0.3) is 0 Å². The third-order valence-corrected chi connectivity index (χ3v) is 2.58. The van der Waals surface area contributed by atoms with E-state index < -0.39 is 12.0 Å². The standard InChI is InChI=1S/C10H19N3O3/c1-2-16-10(15)13(7-9(11)14)8-3-5-12-6-4-8/h8,12H,2-7H2,1H3,(H2,11,14). The molecule has 6 heteroatoms. The van der Waals surface area contributed by atoms with Gasteiger partial charge in [-0.05, 0) is 32.9 Å². The molecule has 1 aliphatic rings. The summed E-state index contributed by atoms with van der Waals surface area (Å²) in [6, 6.07) is 0.0489. The molecule has 0 spiro atoms. The van der Waals surface area contributed by atoms with Crippen LogP contribution in [0.2, 0.25) is 0 Å². The summed E-state index contributed by atoms with van der Waals surface area (Å²) in [5, 5.41) is 3.20. The number of amides is 2. The van der Waals surface area contributed by atoms with Gasteiger partial charge in [-0.2, -0.15) is 0 Å². The van der Waals surface area contributed by atoms with E-state index in [9.17, 15) is 9.59 Å². The fourth-order valence-corrected chi connectivity index (χ4v) is 1.84. The summed E-state index contributed by atoms with van der Waals surface area (Å²) in [4.78, 5) is 24.0. The highest BCUT2D eigenvalue weighted by molar-refractivity contribution is 5.81. The molecule has 2 amide bonds. The number of piperidine rings is 1. The molecule has 0 aromatic carbocycles. The Morgan fingerprint density at radius 3 is 2.56 bits per heavy atom. The van der Waals surface area contributed by atoms with Crippen molar-refractivity contribution in [2.75, 3.05) is 26.2 Å². The number of ether oxygens (including phenoxy) is 1. The van der Waals surface area contributed by atoms with Crippen molar-refractivity contribution in [2.24, 2.45) is 5.73 Å².